The molecule has 2 rings (SSSR count). The second kappa shape index (κ2) is 6.18. The number of aromatic nitrogens is 2. The van der Waals surface area contributed by atoms with Crippen LogP contribution in [-0.4, -0.2) is 16.6 Å². The molecule has 0 aliphatic rings. The molecule has 0 radical (unpaired) electrons. The van der Waals surface area contributed by atoms with Crippen molar-refractivity contribution < 1.29 is 13.9 Å². The Kier molecular flexibility index (Phi) is 4.34. The van der Waals surface area contributed by atoms with Gasteiger partial charge in [-0.15, -0.1) is 0 Å². The van der Waals surface area contributed by atoms with Crippen LogP contribution in [0.25, 0.3) is 0 Å². The maximum atomic E-state index is 13.2. The lowest BCUT2D eigenvalue weighted by Crippen LogP contribution is -2.04. The molecule has 1 aromatic carbocycles. The number of nitrogens with zero attached hydrogens (tertiary/aromatic N) is 2. The number of rotatable bonds is 5. The molecule has 0 saturated carbocycles. The highest BCUT2D eigenvalue weighted by Crippen LogP contribution is 2.31. The fraction of sp³-hybridized carbons (Fsp3) is 0.286. The molecule has 0 bridgehead atoms. The average Bonchev–Trinajstić information content (AvgIpc) is 2.44. The topological polar surface area (TPSA) is 70.3 Å². The number of nitrogens with two attached hydrogens (primary N) is 1. The summed E-state index contributed by atoms with van der Waals surface area (Å²) in [5.41, 5.74) is 6.60. The number of hydrogen-bond acceptors (Lipinski definition) is 5. The molecular formula is C14H16FN3O2. The van der Waals surface area contributed by atoms with E-state index < -0.39 is 0 Å². The molecule has 1 heterocycles. The summed E-state index contributed by atoms with van der Waals surface area (Å²) in [4.78, 5) is 7.91. The molecule has 0 spiro atoms. The van der Waals surface area contributed by atoms with Crippen LogP contribution in [0.15, 0.2) is 24.5 Å². The van der Waals surface area contributed by atoms with Crippen molar-refractivity contribution in [3.05, 3.63) is 35.9 Å². The zero-order valence-corrected chi connectivity index (χ0v) is 11.4. The molecule has 0 aliphatic carbocycles. The molecule has 0 fully saturated rings. The minimum absolute atomic E-state index is 0.192. The minimum Gasteiger partial charge on any atom is -0.476 e. The molecule has 0 amide bonds. The average molecular weight is 277 g/mol. The van der Waals surface area contributed by atoms with Crippen LogP contribution >= 0.6 is 0 Å². The van der Waals surface area contributed by atoms with Crippen molar-refractivity contribution in [3.8, 4) is 17.5 Å². The van der Waals surface area contributed by atoms with Gasteiger partial charge in [0.15, 0.2) is 5.69 Å². The van der Waals surface area contributed by atoms with Crippen LogP contribution in [0, 0.1) is 12.7 Å². The van der Waals surface area contributed by atoms with E-state index in [1.807, 2.05) is 6.92 Å². The fourth-order valence-corrected chi connectivity index (χ4v) is 1.55. The number of benzene rings is 1. The van der Waals surface area contributed by atoms with Crippen LogP contribution in [0.1, 0.15) is 18.9 Å². The van der Waals surface area contributed by atoms with Crippen LogP contribution in [0.3, 0.4) is 0 Å². The van der Waals surface area contributed by atoms with Gasteiger partial charge in [-0.3, -0.25) is 0 Å². The van der Waals surface area contributed by atoms with Gasteiger partial charge in [-0.25, -0.2) is 4.39 Å². The molecule has 0 saturated heterocycles. The summed E-state index contributed by atoms with van der Waals surface area (Å²) in [6, 6.07) is 4.41. The van der Waals surface area contributed by atoms with Crippen molar-refractivity contribution >= 4 is 5.69 Å². The van der Waals surface area contributed by atoms with Gasteiger partial charge >= 0.3 is 0 Å². The maximum absolute atomic E-state index is 13.2. The third-order valence-electron chi connectivity index (χ3n) is 2.60. The van der Waals surface area contributed by atoms with Gasteiger partial charge in [0.1, 0.15) is 17.9 Å². The third-order valence-corrected chi connectivity index (χ3v) is 2.60. The van der Waals surface area contributed by atoms with Crippen LogP contribution in [0.5, 0.6) is 17.5 Å². The van der Waals surface area contributed by atoms with Crippen LogP contribution in [-0.2, 0) is 0 Å². The largest absolute Gasteiger partial charge is 0.476 e. The molecule has 20 heavy (non-hydrogen) atoms. The SMILES string of the molecule is CCCOc1ncnc(Oc2ccc(F)c(C)c2)c1N. The lowest BCUT2D eigenvalue weighted by molar-refractivity contribution is 0.304. The Morgan fingerprint density at radius 2 is 2.00 bits per heavy atom. The van der Waals surface area contributed by atoms with Crippen LogP contribution in [0.4, 0.5) is 10.1 Å². The van der Waals surface area contributed by atoms with E-state index in [1.54, 1.807) is 13.0 Å². The van der Waals surface area contributed by atoms with E-state index in [2.05, 4.69) is 9.97 Å². The number of hydrogen-bond donors (Lipinski definition) is 1. The zero-order valence-electron chi connectivity index (χ0n) is 11.4. The first-order valence-electron chi connectivity index (χ1n) is 6.29. The van der Waals surface area contributed by atoms with Gasteiger partial charge in [0, 0.05) is 0 Å². The molecule has 2 N–H and O–H groups in total. The Morgan fingerprint density at radius 3 is 2.70 bits per heavy atom. The Balaban J connectivity index is 2.22. The number of aryl methyl sites for hydroxylation is 1. The van der Waals surface area contributed by atoms with Gasteiger partial charge in [0.2, 0.25) is 11.8 Å². The smallest absolute Gasteiger partial charge is 0.249 e. The van der Waals surface area contributed by atoms with Gasteiger partial charge in [0.25, 0.3) is 0 Å². The quantitative estimate of drug-likeness (QED) is 0.909. The fourth-order valence-electron chi connectivity index (χ4n) is 1.55. The molecule has 2 aromatic rings. The summed E-state index contributed by atoms with van der Waals surface area (Å²) < 4.78 is 24.1. The monoisotopic (exact) mass is 277 g/mol. The van der Waals surface area contributed by atoms with E-state index >= 15 is 0 Å². The molecule has 5 nitrogen and oxygen atoms in total. The van der Waals surface area contributed by atoms with E-state index in [4.69, 9.17) is 15.2 Å². The summed E-state index contributed by atoms with van der Waals surface area (Å²) in [7, 11) is 0. The second-order valence-electron chi connectivity index (χ2n) is 4.26. The first-order chi connectivity index (χ1) is 9.61. The van der Waals surface area contributed by atoms with E-state index in [-0.39, 0.29) is 23.3 Å². The van der Waals surface area contributed by atoms with Crippen molar-refractivity contribution in [2.45, 2.75) is 20.3 Å². The predicted octanol–water partition coefficient (Wildman–Crippen LogP) is 3.09. The first-order valence-corrected chi connectivity index (χ1v) is 6.29. The van der Waals surface area contributed by atoms with Crippen molar-refractivity contribution in [3.63, 3.8) is 0 Å². The Hall–Kier alpha value is -2.37. The normalized spacial score (nSPS) is 10.3. The Morgan fingerprint density at radius 1 is 1.25 bits per heavy atom. The first kappa shape index (κ1) is 14.0. The standard InChI is InChI=1S/C14H16FN3O2/c1-3-6-19-13-12(16)14(18-8-17-13)20-10-4-5-11(15)9(2)7-10/h4-5,7-8H,3,6,16H2,1-2H3. The number of halogens is 1. The summed E-state index contributed by atoms with van der Waals surface area (Å²) in [5.74, 6) is 0.642. The molecule has 0 aliphatic heterocycles. The van der Waals surface area contributed by atoms with Crippen molar-refractivity contribution in [1.82, 2.24) is 9.97 Å². The molecule has 1 aromatic heterocycles. The molecular weight excluding hydrogens is 261 g/mol. The summed E-state index contributed by atoms with van der Waals surface area (Å²) in [5, 5.41) is 0. The zero-order chi connectivity index (χ0) is 14.5. The third kappa shape index (κ3) is 3.14. The second-order valence-corrected chi connectivity index (χ2v) is 4.26. The summed E-state index contributed by atoms with van der Waals surface area (Å²) in [6.07, 6.45) is 2.16. The summed E-state index contributed by atoms with van der Waals surface area (Å²) >= 11 is 0. The van der Waals surface area contributed by atoms with E-state index in [0.717, 1.165) is 6.42 Å². The lowest BCUT2D eigenvalue weighted by atomic mass is 10.2. The van der Waals surface area contributed by atoms with Gasteiger partial charge < -0.3 is 15.2 Å². The van der Waals surface area contributed by atoms with Gasteiger partial charge in [-0.2, -0.15) is 9.97 Å². The molecule has 0 unspecified atom stereocenters. The van der Waals surface area contributed by atoms with Crippen LogP contribution < -0.4 is 15.2 Å². The Labute approximate surface area is 116 Å². The van der Waals surface area contributed by atoms with Crippen LogP contribution in [0.2, 0.25) is 0 Å². The lowest BCUT2D eigenvalue weighted by Gasteiger charge is -2.11. The highest BCUT2D eigenvalue weighted by Gasteiger charge is 2.12. The van der Waals surface area contributed by atoms with Gasteiger partial charge in [-0.05, 0) is 37.1 Å². The van der Waals surface area contributed by atoms with Crippen molar-refractivity contribution in [2.24, 2.45) is 0 Å². The molecule has 6 heteroatoms. The van der Waals surface area contributed by atoms with Crippen molar-refractivity contribution in [1.29, 1.82) is 0 Å². The predicted molar refractivity (Wildman–Crippen MR) is 73.4 cm³/mol. The minimum atomic E-state index is -0.292. The van der Waals surface area contributed by atoms with Gasteiger partial charge in [0.05, 0.1) is 6.61 Å². The number of nitrogen functional groups attached to an aromatic ring is 1. The maximum Gasteiger partial charge on any atom is 0.249 e. The Bertz CT molecular complexity index is 605. The highest BCUT2D eigenvalue weighted by molar-refractivity contribution is 5.56. The molecule has 106 valence electrons. The number of ether oxygens (including phenoxy) is 2. The van der Waals surface area contributed by atoms with Crippen molar-refractivity contribution in [2.75, 3.05) is 12.3 Å². The summed E-state index contributed by atoms with van der Waals surface area (Å²) in [6.45, 7) is 4.15. The number of anilines is 1. The van der Waals surface area contributed by atoms with Gasteiger partial charge in [-0.1, -0.05) is 6.92 Å². The van der Waals surface area contributed by atoms with E-state index in [1.165, 1.54) is 18.5 Å². The van der Waals surface area contributed by atoms with E-state index in [9.17, 15) is 4.39 Å². The highest BCUT2D eigenvalue weighted by atomic mass is 19.1. The van der Waals surface area contributed by atoms with E-state index in [0.29, 0.717) is 17.9 Å². The molecule has 0 atom stereocenters.